The van der Waals surface area contributed by atoms with Crippen LogP contribution in [0.25, 0.3) is 0 Å². The average Bonchev–Trinajstić information content (AvgIpc) is 3.09. The summed E-state index contributed by atoms with van der Waals surface area (Å²) in [4.78, 5) is 33.9. The Labute approximate surface area is 191 Å². The molecule has 6 heteroatoms. The first-order valence-electron chi connectivity index (χ1n) is 12.1. The highest BCUT2D eigenvalue weighted by Crippen LogP contribution is 2.44. The third-order valence-electron chi connectivity index (χ3n) is 6.83. The lowest BCUT2D eigenvalue weighted by Crippen LogP contribution is -2.51. The van der Waals surface area contributed by atoms with Crippen LogP contribution in [0.4, 0.5) is 0 Å². The number of hydrogen-bond donors (Lipinski definition) is 0. The van der Waals surface area contributed by atoms with Gasteiger partial charge in [-0.2, -0.15) is 0 Å². The van der Waals surface area contributed by atoms with E-state index in [2.05, 4.69) is 19.1 Å². The van der Waals surface area contributed by atoms with E-state index in [-0.39, 0.29) is 30.7 Å². The van der Waals surface area contributed by atoms with Crippen molar-refractivity contribution in [2.75, 3.05) is 0 Å². The van der Waals surface area contributed by atoms with Crippen LogP contribution in [0.15, 0.2) is 42.5 Å². The molecular formula is C26H36O6. The molecule has 0 saturated carbocycles. The molecule has 3 aliphatic heterocycles. The van der Waals surface area contributed by atoms with E-state index in [1.807, 2.05) is 37.3 Å². The second kappa shape index (κ2) is 10.5. The molecule has 2 fully saturated rings. The van der Waals surface area contributed by atoms with Gasteiger partial charge in [0.25, 0.3) is 0 Å². The van der Waals surface area contributed by atoms with Crippen molar-refractivity contribution < 1.29 is 29.1 Å². The third-order valence-corrected chi connectivity index (χ3v) is 6.83. The molecule has 5 atom stereocenters. The van der Waals surface area contributed by atoms with Gasteiger partial charge in [0.1, 0.15) is 29.5 Å². The quantitative estimate of drug-likeness (QED) is 0.193. The van der Waals surface area contributed by atoms with E-state index in [1.165, 1.54) is 25.7 Å². The normalized spacial score (nSPS) is 34.3. The molecule has 0 bridgehead atoms. The Morgan fingerprint density at radius 1 is 0.906 bits per heavy atom. The summed E-state index contributed by atoms with van der Waals surface area (Å²) in [5.74, 6) is -0.193. The number of benzene rings is 1. The Morgan fingerprint density at radius 3 is 2.41 bits per heavy atom. The zero-order chi connectivity index (χ0) is 22.4. The molecule has 3 aliphatic rings. The van der Waals surface area contributed by atoms with Gasteiger partial charge in [-0.05, 0) is 38.3 Å². The number of ether oxygens (including phenoxy) is 1. The number of carbonyl (C=O) groups is 1. The SMILES string of the molecule is C[C@]1(CCCCCCCC[C@@H]2C=C[C@H](c3ccccc3)OO2)C[C@]2(C)OC(=O)C[C@@H]2OO1. The predicted molar refractivity (Wildman–Crippen MR) is 119 cm³/mol. The van der Waals surface area contributed by atoms with Crippen molar-refractivity contribution >= 4 is 5.97 Å². The Hall–Kier alpha value is -1.73. The van der Waals surface area contributed by atoms with E-state index >= 15 is 0 Å². The van der Waals surface area contributed by atoms with Crippen LogP contribution in [0.5, 0.6) is 0 Å². The van der Waals surface area contributed by atoms with Gasteiger partial charge in [0.15, 0.2) is 0 Å². The number of esters is 1. The van der Waals surface area contributed by atoms with Gasteiger partial charge in [0.05, 0.1) is 6.42 Å². The molecule has 0 N–H and O–H groups in total. The van der Waals surface area contributed by atoms with Crippen molar-refractivity contribution in [1.29, 1.82) is 0 Å². The Bertz CT molecular complexity index is 780. The first-order valence-corrected chi connectivity index (χ1v) is 12.1. The zero-order valence-corrected chi connectivity index (χ0v) is 19.3. The maximum atomic E-state index is 11.6. The summed E-state index contributed by atoms with van der Waals surface area (Å²) in [6, 6.07) is 10.1. The van der Waals surface area contributed by atoms with E-state index < -0.39 is 11.2 Å². The van der Waals surface area contributed by atoms with Gasteiger partial charge in [-0.3, -0.25) is 4.79 Å². The lowest BCUT2D eigenvalue weighted by Gasteiger charge is -2.43. The van der Waals surface area contributed by atoms with Gasteiger partial charge >= 0.3 is 5.97 Å². The van der Waals surface area contributed by atoms with Crippen molar-refractivity contribution in [3.05, 3.63) is 48.0 Å². The van der Waals surface area contributed by atoms with Crippen LogP contribution in [-0.2, 0) is 29.1 Å². The van der Waals surface area contributed by atoms with Gasteiger partial charge in [-0.25, -0.2) is 19.6 Å². The number of carbonyl (C=O) groups excluding carboxylic acids is 1. The molecular weight excluding hydrogens is 408 g/mol. The molecule has 3 heterocycles. The minimum Gasteiger partial charge on any atom is -0.456 e. The van der Waals surface area contributed by atoms with Crippen LogP contribution >= 0.6 is 0 Å². The van der Waals surface area contributed by atoms with E-state index in [0.29, 0.717) is 6.42 Å². The monoisotopic (exact) mass is 444 g/mol. The van der Waals surface area contributed by atoms with E-state index in [0.717, 1.165) is 31.2 Å². The Kier molecular flexibility index (Phi) is 7.66. The minimum atomic E-state index is -0.551. The number of fused-ring (bicyclic) bond motifs is 1. The first kappa shape index (κ1) is 23.4. The molecule has 32 heavy (non-hydrogen) atoms. The summed E-state index contributed by atoms with van der Waals surface area (Å²) in [6.45, 7) is 4.02. The molecule has 1 aromatic rings. The summed E-state index contributed by atoms with van der Waals surface area (Å²) < 4.78 is 5.53. The van der Waals surface area contributed by atoms with Crippen molar-refractivity contribution in [1.82, 2.24) is 0 Å². The molecule has 0 spiro atoms. The lowest BCUT2D eigenvalue weighted by molar-refractivity contribution is -0.428. The topological polar surface area (TPSA) is 63.2 Å². The molecule has 4 rings (SSSR count). The lowest BCUT2D eigenvalue weighted by atomic mass is 9.82. The second-order valence-corrected chi connectivity index (χ2v) is 9.89. The molecule has 0 aliphatic carbocycles. The van der Waals surface area contributed by atoms with Crippen LogP contribution in [0.1, 0.15) is 89.7 Å². The fraction of sp³-hybridized carbons (Fsp3) is 0.654. The van der Waals surface area contributed by atoms with Crippen molar-refractivity contribution in [3.8, 4) is 0 Å². The van der Waals surface area contributed by atoms with Crippen LogP contribution < -0.4 is 0 Å². The number of unbranched alkanes of at least 4 members (excludes halogenated alkanes) is 5. The third kappa shape index (κ3) is 5.98. The predicted octanol–water partition coefficient (Wildman–Crippen LogP) is 5.92. The van der Waals surface area contributed by atoms with E-state index in [4.69, 9.17) is 24.3 Å². The van der Waals surface area contributed by atoms with Gasteiger partial charge in [-0.1, -0.05) is 74.9 Å². The largest absolute Gasteiger partial charge is 0.456 e. The van der Waals surface area contributed by atoms with Gasteiger partial charge in [0.2, 0.25) is 0 Å². The highest BCUT2D eigenvalue weighted by molar-refractivity contribution is 5.73. The van der Waals surface area contributed by atoms with Crippen LogP contribution in [0, 0.1) is 0 Å². The molecule has 0 aromatic heterocycles. The fourth-order valence-corrected chi connectivity index (χ4v) is 5.02. The van der Waals surface area contributed by atoms with Crippen LogP contribution in [-0.4, -0.2) is 29.4 Å². The maximum Gasteiger partial charge on any atom is 0.309 e. The molecule has 0 amide bonds. The van der Waals surface area contributed by atoms with Crippen LogP contribution in [0.2, 0.25) is 0 Å². The van der Waals surface area contributed by atoms with Crippen LogP contribution in [0.3, 0.4) is 0 Å². The highest BCUT2D eigenvalue weighted by Gasteiger charge is 2.55. The van der Waals surface area contributed by atoms with Gasteiger partial charge < -0.3 is 4.74 Å². The van der Waals surface area contributed by atoms with Crippen molar-refractivity contribution in [3.63, 3.8) is 0 Å². The maximum absolute atomic E-state index is 11.6. The van der Waals surface area contributed by atoms with Crippen molar-refractivity contribution in [2.24, 2.45) is 0 Å². The standard InChI is InChI=1S/C26H36O6/c1-25(19-26(2)23(31-32-25)18-24(27)28-26)17-11-6-4-3-5-10-14-21-15-16-22(30-29-21)20-12-8-7-9-13-20/h7-9,12-13,15-16,21-23H,3-6,10-11,14,17-19H2,1-2H3/t21-,22-,23+,25+,26+/m1/s1. The number of rotatable bonds is 10. The second-order valence-electron chi connectivity index (χ2n) is 9.89. The molecule has 2 saturated heterocycles. The molecule has 0 radical (unpaired) electrons. The Morgan fingerprint density at radius 2 is 1.66 bits per heavy atom. The molecule has 176 valence electrons. The van der Waals surface area contributed by atoms with Crippen molar-refractivity contribution in [2.45, 2.75) is 108 Å². The van der Waals surface area contributed by atoms with Gasteiger partial charge in [-0.15, -0.1) is 0 Å². The highest BCUT2D eigenvalue weighted by atomic mass is 17.2. The summed E-state index contributed by atoms with van der Waals surface area (Å²) in [6.07, 6.45) is 13.8. The molecule has 1 aromatic carbocycles. The summed E-state index contributed by atoms with van der Waals surface area (Å²) in [5.41, 5.74) is 0.169. The van der Waals surface area contributed by atoms with E-state index in [9.17, 15) is 4.79 Å². The fourth-order valence-electron chi connectivity index (χ4n) is 5.02. The summed E-state index contributed by atoms with van der Waals surface area (Å²) in [7, 11) is 0. The smallest absolute Gasteiger partial charge is 0.309 e. The summed E-state index contributed by atoms with van der Waals surface area (Å²) in [5, 5.41) is 0. The Balaban J connectivity index is 1.05. The molecule has 6 nitrogen and oxygen atoms in total. The number of hydrogen-bond acceptors (Lipinski definition) is 6. The average molecular weight is 445 g/mol. The van der Waals surface area contributed by atoms with Gasteiger partial charge in [0, 0.05) is 6.42 Å². The zero-order valence-electron chi connectivity index (χ0n) is 19.3. The van der Waals surface area contributed by atoms with E-state index in [1.54, 1.807) is 0 Å². The molecule has 0 unspecified atom stereocenters. The summed E-state index contributed by atoms with van der Waals surface area (Å²) >= 11 is 0. The first-order chi connectivity index (χ1) is 15.5. The minimum absolute atomic E-state index is 0.0493.